The summed E-state index contributed by atoms with van der Waals surface area (Å²) in [6.07, 6.45) is 3.82. The predicted octanol–water partition coefficient (Wildman–Crippen LogP) is 3.44. The van der Waals surface area contributed by atoms with Gasteiger partial charge in [0.25, 0.3) is 0 Å². The molecule has 0 aromatic heterocycles. The minimum atomic E-state index is -0.340. The summed E-state index contributed by atoms with van der Waals surface area (Å²) in [5.74, 6) is -0.337. The van der Waals surface area contributed by atoms with E-state index in [1.165, 1.54) is 6.07 Å². The molecule has 2 rings (SSSR count). The zero-order valence-electron chi connectivity index (χ0n) is 9.88. The highest BCUT2D eigenvalue weighted by molar-refractivity contribution is 6.30. The standard InChI is InChI=1S/C13H17ClFNO/c1-17-13(5-2-6-13)8-12(16)10-4-3-9(14)7-11(10)15/h3-4,7,12H,2,5-6,8,16H2,1H3. The van der Waals surface area contributed by atoms with Crippen LogP contribution in [0.15, 0.2) is 18.2 Å². The molecule has 4 heteroatoms. The Morgan fingerprint density at radius 1 is 1.53 bits per heavy atom. The second-order valence-electron chi connectivity index (χ2n) is 4.72. The molecule has 1 atom stereocenters. The second kappa shape index (κ2) is 4.92. The highest BCUT2D eigenvalue weighted by Gasteiger charge is 2.38. The molecule has 1 aliphatic rings. The van der Waals surface area contributed by atoms with Crippen LogP contribution in [0.2, 0.25) is 5.02 Å². The summed E-state index contributed by atoms with van der Waals surface area (Å²) in [6, 6.07) is 4.29. The summed E-state index contributed by atoms with van der Waals surface area (Å²) in [4.78, 5) is 0. The van der Waals surface area contributed by atoms with Crippen molar-refractivity contribution < 1.29 is 9.13 Å². The number of benzene rings is 1. The Morgan fingerprint density at radius 2 is 2.24 bits per heavy atom. The van der Waals surface area contributed by atoms with E-state index in [9.17, 15) is 4.39 Å². The topological polar surface area (TPSA) is 35.2 Å². The third-order valence-electron chi connectivity index (χ3n) is 3.65. The van der Waals surface area contributed by atoms with E-state index in [4.69, 9.17) is 22.1 Å². The summed E-state index contributed by atoms with van der Waals surface area (Å²) in [5, 5.41) is 0.392. The molecule has 0 saturated heterocycles. The van der Waals surface area contributed by atoms with Gasteiger partial charge in [-0.25, -0.2) is 4.39 Å². The average molecular weight is 258 g/mol. The van der Waals surface area contributed by atoms with Crippen molar-refractivity contribution in [2.75, 3.05) is 7.11 Å². The molecule has 2 nitrogen and oxygen atoms in total. The number of hydrogen-bond acceptors (Lipinski definition) is 2. The molecule has 0 spiro atoms. The lowest BCUT2D eigenvalue weighted by molar-refractivity contribution is -0.0818. The van der Waals surface area contributed by atoms with E-state index in [0.29, 0.717) is 17.0 Å². The number of methoxy groups -OCH3 is 1. The van der Waals surface area contributed by atoms with Crippen LogP contribution in [0.4, 0.5) is 4.39 Å². The quantitative estimate of drug-likeness (QED) is 0.897. The fourth-order valence-corrected chi connectivity index (χ4v) is 2.53. The van der Waals surface area contributed by atoms with Gasteiger partial charge in [0.1, 0.15) is 5.82 Å². The van der Waals surface area contributed by atoms with Gasteiger partial charge in [0.15, 0.2) is 0 Å². The van der Waals surface area contributed by atoms with Gasteiger partial charge in [0.2, 0.25) is 0 Å². The third-order valence-corrected chi connectivity index (χ3v) is 3.89. The molecule has 0 bridgehead atoms. The van der Waals surface area contributed by atoms with Crippen LogP contribution in [0, 0.1) is 5.82 Å². The maximum absolute atomic E-state index is 13.7. The average Bonchev–Trinajstić information content (AvgIpc) is 2.23. The van der Waals surface area contributed by atoms with Gasteiger partial charge in [-0.05, 0) is 37.8 Å². The number of halogens is 2. The van der Waals surface area contributed by atoms with Crippen molar-refractivity contribution in [3.05, 3.63) is 34.6 Å². The van der Waals surface area contributed by atoms with Crippen molar-refractivity contribution in [1.29, 1.82) is 0 Å². The van der Waals surface area contributed by atoms with E-state index in [0.717, 1.165) is 19.3 Å². The highest BCUT2D eigenvalue weighted by Crippen LogP contribution is 2.41. The molecular formula is C13H17ClFNO. The first-order valence-corrected chi connectivity index (χ1v) is 6.20. The first-order chi connectivity index (χ1) is 8.06. The van der Waals surface area contributed by atoms with E-state index < -0.39 is 0 Å². The third kappa shape index (κ3) is 2.62. The van der Waals surface area contributed by atoms with Gasteiger partial charge in [-0.1, -0.05) is 17.7 Å². The Hall–Kier alpha value is -0.640. The number of hydrogen-bond donors (Lipinski definition) is 1. The molecular weight excluding hydrogens is 241 g/mol. The van der Waals surface area contributed by atoms with Crippen LogP contribution in [0.1, 0.15) is 37.3 Å². The second-order valence-corrected chi connectivity index (χ2v) is 5.15. The van der Waals surface area contributed by atoms with E-state index in [1.54, 1.807) is 19.2 Å². The summed E-state index contributed by atoms with van der Waals surface area (Å²) < 4.78 is 19.2. The monoisotopic (exact) mass is 257 g/mol. The Bertz CT molecular complexity index is 401. The van der Waals surface area contributed by atoms with Crippen LogP contribution in [-0.2, 0) is 4.74 Å². The van der Waals surface area contributed by atoms with Gasteiger partial charge in [-0.2, -0.15) is 0 Å². The molecule has 1 saturated carbocycles. The minimum Gasteiger partial charge on any atom is -0.378 e. The van der Waals surface area contributed by atoms with Crippen molar-refractivity contribution in [2.45, 2.75) is 37.3 Å². The fourth-order valence-electron chi connectivity index (χ4n) is 2.38. The molecule has 0 amide bonds. The molecule has 1 aromatic carbocycles. The smallest absolute Gasteiger partial charge is 0.129 e. The molecule has 0 aliphatic heterocycles. The fraction of sp³-hybridized carbons (Fsp3) is 0.538. The number of rotatable bonds is 4. The van der Waals surface area contributed by atoms with Crippen molar-refractivity contribution >= 4 is 11.6 Å². The Balaban J connectivity index is 2.11. The number of nitrogens with two attached hydrogens (primary N) is 1. The summed E-state index contributed by atoms with van der Waals surface area (Å²) in [6.45, 7) is 0. The van der Waals surface area contributed by atoms with Crippen LogP contribution >= 0.6 is 11.6 Å². The molecule has 1 unspecified atom stereocenters. The first kappa shape index (κ1) is 12.8. The van der Waals surface area contributed by atoms with Crippen LogP contribution in [-0.4, -0.2) is 12.7 Å². The number of ether oxygens (including phenoxy) is 1. The maximum atomic E-state index is 13.7. The van der Waals surface area contributed by atoms with Crippen molar-refractivity contribution in [3.8, 4) is 0 Å². The molecule has 0 heterocycles. The molecule has 2 N–H and O–H groups in total. The molecule has 0 radical (unpaired) electrons. The van der Waals surface area contributed by atoms with Crippen molar-refractivity contribution in [3.63, 3.8) is 0 Å². The van der Waals surface area contributed by atoms with E-state index >= 15 is 0 Å². The zero-order valence-corrected chi connectivity index (χ0v) is 10.6. The predicted molar refractivity (Wildman–Crippen MR) is 66.5 cm³/mol. The van der Waals surface area contributed by atoms with Gasteiger partial charge in [-0.3, -0.25) is 0 Å². The summed E-state index contributed by atoms with van der Waals surface area (Å²) >= 11 is 5.71. The minimum absolute atomic E-state index is 0.147. The molecule has 94 valence electrons. The summed E-state index contributed by atoms with van der Waals surface area (Å²) in [7, 11) is 1.70. The lowest BCUT2D eigenvalue weighted by Crippen LogP contribution is -2.42. The zero-order chi connectivity index (χ0) is 12.5. The lowest BCUT2D eigenvalue weighted by Gasteiger charge is -2.42. The van der Waals surface area contributed by atoms with Gasteiger partial charge >= 0.3 is 0 Å². The van der Waals surface area contributed by atoms with Gasteiger partial charge < -0.3 is 10.5 Å². The largest absolute Gasteiger partial charge is 0.378 e. The van der Waals surface area contributed by atoms with Crippen LogP contribution < -0.4 is 5.73 Å². The lowest BCUT2D eigenvalue weighted by atomic mass is 9.75. The van der Waals surface area contributed by atoms with Crippen molar-refractivity contribution in [2.24, 2.45) is 5.73 Å². The molecule has 17 heavy (non-hydrogen) atoms. The van der Waals surface area contributed by atoms with Crippen LogP contribution in [0.3, 0.4) is 0 Å². The highest BCUT2D eigenvalue weighted by atomic mass is 35.5. The van der Waals surface area contributed by atoms with E-state index in [1.807, 2.05) is 0 Å². The summed E-state index contributed by atoms with van der Waals surface area (Å²) in [5.41, 5.74) is 6.42. The normalized spacial score (nSPS) is 19.8. The first-order valence-electron chi connectivity index (χ1n) is 5.82. The van der Waals surface area contributed by atoms with E-state index in [2.05, 4.69) is 0 Å². The van der Waals surface area contributed by atoms with Gasteiger partial charge in [-0.15, -0.1) is 0 Å². The Morgan fingerprint density at radius 3 is 2.71 bits per heavy atom. The Kier molecular flexibility index (Phi) is 3.71. The molecule has 1 fully saturated rings. The van der Waals surface area contributed by atoms with Crippen molar-refractivity contribution in [1.82, 2.24) is 0 Å². The van der Waals surface area contributed by atoms with E-state index in [-0.39, 0.29) is 17.5 Å². The maximum Gasteiger partial charge on any atom is 0.129 e. The molecule has 1 aliphatic carbocycles. The van der Waals surface area contributed by atoms with Crippen LogP contribution in [0.25, 0.3) is 0 Å². The van der Waals surface area contributed by atoms with Gasteiger partial charge in [0, 0.05) is 23.7 Å². The SMILES string of the molecule is COC1(CC(N)c2ccc(Cl)cc2F)CCC1. The van der Waals surface area contributed by atoms with Gasteiger partial charge in [0.05, 0.1) is 5.60 Å². The Labute approximate surface area is 106 Å². The van der Waals surface area contributed by atoms with Crippen LogP contribution in [0.5, 0.6) is 0 Å². The molecule has 1 aromatic rings.